The second kappa shape index (κ2) is 5.69. The summed E-state index contributed by atoms with van der Waals surface area (Å²) in [6.45, 7) is 5.69. The van der Waals surface area contributed by atoms with Crippen LogP contribution in [-0.2, 0) is 0 Å². The van der Waals surface area contributed by atoms with E-state index in [-0.39, 0.29) is 0 Å². The van der Waals surface area contributed by atoms with Crippen LogP contribution in [0.25, 0.3) is 0 Å². The molecule has 2 heterocycles. The average molecular weight is 299 g/mol. The molecule has 94 valence electrons. The molecule has 3 N–H and O–H groups in total. The predicted octanol–water partition coefficient (Wildman–Crippen LogP) is 2.32. The molecule has 1 fully saturated rings. The third kappa shape index (κ3) is 3.33. The summed E-state index contributed by atoms with van der Waals surface area (Å²) in [5.41, 5.74) is 7.55. The average Bonchev–Trinajstić information content (AvgIpc) is 2.76. The summed E-state index contributed by atoms with van der Waals surface area (Å²) in [4.78, 5) is 6.52. The van der Waals surface area contributed by atoms with E-state index in [9.17, 15) is 0 Å². The van der Waals surface area contributed by atoms with Crippen molar-refractivity contribution >= 4 is 27.3 Å². The van der Waals surface area contributed by atoms with Gasteiger partial charge in [0.2, 0.25) is 0 Å². The molecular formula is C12H19BrN4. The molecule has 1 atom stereocenters. The molecule has 1 aromatic rings. The van der Waals surface area contributed by atoms with E-state index < -0.39 is 0 Å². The zero-order valence-corrected chi connectivity index (χ0v) is 11.7. The van der Waals surface area contributed by atoms with Crippen LogP contribution in [-0.4, -0.2) is 35.6 Å². The predicted molar refractivity (Wildman–Crippen MR) is 75.1 cm³/mol. The van der Waals surface area contributed by atoms with Crippen LogP contribution in [0.3, 0.4) is 0 Å². The monoisotopic (exact) mass is 298 g/mol. The summed E-state index contributed by atoms with van der Waals surface area (Å²) < 4.78 is 0.922. The maximum absolute atomic E-state index is 5.91. The smallest absolute Gasteiger partial charge is 0.0752 e. The fourth-order valence-corrected chi connectivity index (χ4v) is 2.71. The highest BCUT2D eigenvalue weighted by molar-refractivity contribution is 9.10. The molecule has 1 aromatic heterocycles. The van der Waals surface area contributed by atoms with Crippen molar-refractivity contribution in [3.63, 3.8) is 0 Å². The fraction of sp³-hybridized carbons (Fsp3) is 0.583. The fourth-order valence-electron chi connectivity index (χ4n) is 2.25. The van der Waals surface area contributed by atoms with Gasteiger partial charge in [-0.3, -0.25) is 4.98 Å². The Morgan fingerprint density at radius 1 is 1.47 bits per heavy atom. The number of rotatable bonds is 4. The topological polar surface area (TPSA) is 54.2 Å². The molecule has 1 unspecified atom stereocenters. The van der Waals surface area contributed by atoms with Crippen molar-refractivity contribution in [1.82, 2.24) is 9.88 Å². The number of nitrogens with one attached hydrogen (secondary N) is 1. The molecule has 0 aliphatic carbocycles. The Balaban J connectivity index is 1.95. The minimum Gasteiger partial charge on any atom is -0.396 e. The summed E-state index contributed by atoms with van der Waals surface area (Å²) in [6, 6.07) is 0.383. The first-order chi connectivity index (χ1) is 8.16. The Hall–Kier alpha value is -0.810. The maximum atomic E-state index is 5.91. The van der Waals surface area contributed by atoms with Crippen molar-refractivity contribution in [2.24, 2.45) is 0 Å². The summed E-state index contributed by atoms with van der Waals surface area (Å²) in [5.74, 6) is 0. The van der Waals surface area contributed by atoms with Crippen molar-refractivity contribution in [2.75, 3.05) is 30.7 Å². The number of hydrogen-bond donors (Lipinski definition) is 2. The molecule has 0 saturated carbocycles. The van der Waals surface area contributed by atoms with E-state index in [2.05, 4.69) is 38.1 Å². The second-order valence-electron chi connectivity index (χ2n) is 4.64. The van der Waals surface area contributed by atoms with Crippen LogP contribution in [0.5, 0.6) is 0 Å². The van der Waals surface area contributed by atoms with Crippen LogP contribution < -0.4 is 11.1 Å². The molecule has 0 aromatic carbocycles. The number of nitrogens with zero attached hydrogens (tertiary/aromatic N) is 2. The van der Waals surface area contributed by atoms with E-state index in [0.717, 1.165) is 16.7 Å². The van der Waals surface area contributed by atoms with Gasteiger partial charge in [0.25, 0.3) is 0 Å². The summed E-state index contributed by atoms with van der Waals surface area (Å²) >= 11 is 3.47. The van der Waals surface area contributed by atoms with Crippen molar-refractivity contribution in [1.29, 1.82) is 0 Å². The van der Waals surface area contributed by atoms with Gasteiger partial charge >= 0.3 is 0 Å². The van der Waals surface area contributed by atoms with Crippen molar-refractivity contribution < 1.29 is 0 Å². The highest BCUT2D eigenvalue weighted by atomic mass is 79.9. The van der Waals surface area contributed by atoms with Gasteiger partial charge in [-0.05, 0) is 48.8 Å². The van der Waals surface area contributed by atoms with E-state index in [1.165, 1.54) is 25.9 Å². The Labute approximate surface area is 111 Å². The first kappa shape index (κ1) is 12.6. The molecule has 4 nitrogen and oxygen atoms in total. The second-order valence-corrected chi connectivity index (χ2v) is 5.49. The van der Waals surface area contributed by atoms with E-state index in [1.54, 1.807) is 12.4 Å². The molecule has 2 rings (SSSR count). The molecular weight excluding hydrogens is 280 g/mol. The van der Waals surface area contributed by atoms with Crippen LogP contribution in [0.2, 0.25) is 0 Å². The minimum atomic E-state index is 0.383. The third-order valence-electron chi connectivity index (χ3n) is 3.05. The number of pyridine rings is 1. The number of aromatic nitrogens is 1. The lowest BCUT2D eigenvalue weighted by atomic mass is 10.2. The van der Waals surface area contributed by atoms with Gasteiger partial charge < -0.3 is 16.0 Å². The van der Waals surface area contributed by atoms with Crippen LogP contribution in [0, 0.1) is 0 Å². The quantitative estimate of drug-likeness (QED) is 0.896. The van der Waals surface area contributed by atoms with Gasteiger partial charge in [0.1, 0.15) is 0 Å². The SMILES string of the molecule is CC(CN1CCCC1)Nc1c(N)cncc1Br. The van der Waals surface area contributed by atoms with Gasteiger partial charge in [0.15, 0.2) is 0 Å². The summed E-state index contributed by atoms with van der Waals surface area (Å²) in [5, 5.41) is 3.45. The molecule has 0 amide bonds. The van der Waals surface area contributed by atoms with E-state index in [0.29, 0.717) is 11.7 Å². The van der Waals surface area contributed by atoms with Crippen LogP contribution in [0.1, 0.15) is 19.8 Å². The molecule has 0 spiro atoms. The lowest BCUT2D eigenvalue weighted by Gasteiger charge is -2.23. The van der Waals surface area contributed by atoms with Crippen molar-refractivity contribution in [3.8, 4) is 0 Å². The number of nitrogen functional groups attached to an aromatic ring is 1. The van der Waals surface area contributed by atoms with E-state index >= 15 is 0 Å². The highest BCUT2D eigenvalue weighted by Gasteiger charge is 2.15. The van der Waals surface area contributed by atoms with Crippen molar-refractivity contribution in [3.05, 3.63) is 16.9 Å². The molecule has 1 saturated heterocycles. The molecule has 0 radical (unpaired) electrons. The molecule has 1 aliphatic heterocycles. The van der Waals surface area contributed by atoms with Crippen molar-refractivity contribution in [2.45, 2.75) is 25.8 Å². The maximum Gasteiger partial charge on any atom is 0.0752 e. The van der Waals surface area contributed by atoms with Gasteiger partial charge in [-0.25, -0.2) is 0 Å². The normalized spacial score (nSPS) is 18.2. The van der Waals surface area contributed by atoms with E-state index in [4.69, 9.17) is 5.73 Å². The van der Waals surface area contributed by atoms with Crippen LogP contribution in [0.15, 0.2) is 16.9 Å². The zero-order chi connectivity index (χ0) is 12.3. The van der Waals surface area contributed by atoms with Gasteiger partial charge in [-0.2, -0.15) is 0 Å². The Morgan fingerprint density at radius 3 is 2.82 bits per heavy atom. The van der Waals surface area contributed by atoms with E-state index in [1.807, 2.05) is 0 Å². The first-order valence-corrected chi connectivity index (χ1v) is 6.84. The Morgan fingerprint density at radius 2 is 2.18 bits per heavy atom. The highest BCUT2D eigenvalue weighted by Crippen LogP contribution is 2.27. The van der Waals surface area contributed by atoms with Gasteiger partial charge in [-0.15, -0.1) is 0 Å². The number of likely N-dealkylation sites (tertiary alicyclic amines) is 1. The van der Waals surface area contributed by atoms with Crippen LogP contribution >= 0.6 is 15.9 Å². The summed E-state index contributed by atoms with van der Waals surface area (Å²) in [6.07, 6.45) is 6.10. The molecule has 1 aliphatic rings. The van der Waals surface area contributed by atoms with Gasteiger partial charge in [-0.1, -0.05) is 0 Å². The standard InChI is InChI=1S/C12H19BrN4/c1-9(8-17-4-2-3-5-17)16-12-10(13)6-15-7-11(12)14/h6-7,9H,2-5,8,14H2,1H3,(H,15,16). The minimum absolute atomic E-state index is 0.383. The number of halogens is 1. The third-order valence-corrected chi connectivity index (χ3v) is 3.65. The Bertz CT molecular complexity index is 357. The number of anilines is 2. The lowest BCUT2D eigenvalue weighted by Crippen LogP contribution is -2.33. The summed E-state index contributed by atoms with van der Waals surface area (Å²) in [7, 11) is 0. The molecule has 0 bridgehead atoms. The van der Waals surface area contributed by atoms with Gasteiger partial charge in [0, 0.05) is 18.8 Å². The number of nitrogens with two attached hydrogens (primary N) is 1. The first-order valence-electron chi connectivity index (χ1n) is 6.04. The van der Waals surface area contributed by atoms with Gasteiger partial charge in [0.05, 0.1) is 22.0 Å². The largest absolute Gasteiger partial charge is 0.396 e. The molecule has 17 heavy (non-hydrogen) atoms. The molecule has 5 heteroatoms. The number of hydrogen-bond acceptors (Lipinski definition) is 4. The lowest BCUT2D eigenvalue weighted by molar-refractivity contribution is 0.328. The zero-order valence-electron chi connectivity index (χ0n) is 10.1. The van der Waals surface area contributed by atoms with Crippen LogP contribution in [0.4, 0.5) is 11.4 Å². The Kier molecular flexibility index (Phi) is 4.23.